The van der Waals surface area contributed by atoms with E-state index in [9.17, 15) is 21.6 Å². The molecule has 0 aliphatic carbocycles. The minimum absolute atomic E-state index is 0.0921. The Morgan fingerprint density at radius 2 is 1.90 bits per heavy atom. The average molecular weight is 594 g/mol. The van der Waals surface area contributed by atoms with E-state index in [1.165, 1.54) is 23.8 Å². The van der Waals surface area contributed by atoms with Crippen molar-refractivity contribution in [3.63, 3.8) is 0 Å². The maximum atomic E-state index is 13.5. The molecule has 0 unspecified atom stereocenters. The Hall–Kier alpha value is -3.63. The van der Waals surface area contributed by atoms with Gasteiger partial charge in [0.05, 0.1) is 35.4 Å². The summed E-state index contributed by atoms with van der Waals surface area (Å²) in [5, 5.41) is 7.53. The van der Waals surface area contributed by atoms with Crippen molar-refractivity contribution in [1.82, 2.24) is 9.47 Å². The number of thiocarbonyl (C=S) groups is 1. The van der Waals surface area contributed by atoms with Gasteiger partial charge in [0.25, 0.3) is 0 Å². The number of fused-ring (bicyclic) bond motifs is 1. The van der Waals surface area contributed by atoms with Crippen LogP contribution in [0.5, 0.6) is 5.75 Å². The van der Waals surface area contributed by atoms with Crippen molar-refractivity contribution in [3.05, 3.63) is 48.2 Å². The van der Waals surface area contributed by atoms with Crippen molar-refractivity contribution < 1.29 is 26.3 Å². The number of alkyl halides is 3. The molecule has 4 N–H and O–H groups in total. The number of hydrogen-bond donors (Lipinski definition) is 3. The number of piperidine rings is 1. The Labute approximate surface area is 236 Å². The first-order valence-electron chi connectivity index (χ1n) is 12.5. The lowest BCUT2D eigenvalue weighted by Crippen LogP contribution is -2.44. The molecule has 1 fully saturated rings. The number of nitrogens with one attached hydrogen (secondary N) is 2. The van der Waals surface area contributed by atoms with Gasteiger partial charge in [-0.1, -0.05) is 12.0 Å². The minimum atomic E-state index is -4.44. The lowest BCUT2D eigenvalue weighted by molar-refractivity contribution is -0.140. The fourth-order valence-electron chi connectivity index (χ4n) is 4.65. The van der Waals surface area contributed by atoms with Crippen LogP contribution in [0.15, 0.2) is 47.4 Å². The Morgan fingerprint density at radius 3 is 2.52 bits per heavy atom. The molecule has 0 bridgehead atoms. The second kappa shape index (κ2) is 11.9. The Kier molecular flexibility index (Phi) is 8.70. The number of hydrogen-bond acceptors (Lipinski definition) is 6. The third-order valence-corrected chi connectivity index (χ3v) is 8.00. The third-order valence-electron chi connectivity index (χ3n) is 6.63. The van der Waals surface area contributed by atoms with E-state index < -0.39 is 22.6 Å². The molecule has 40 heavy (non-hydrogen) atoms. The summed E-state index contributed by atoms with van der Waals surface area (Å²) >= 11 is 5.05. The van der Waals surface area contributed by atoms with E-state index in [0.29, 0.717) is 40.5 Å². The average Bonchev–Trinajstić information content (AvgIpc) is 3.23. The summed E-state index contributed by atoms with van der Waals surface area (Å²) in [7, 11) is -2.00. The summed E-state index contributed by atoms with van der Waals surface area (Å²) in [5.41, 5.74) is 7.63. The number of sulfone groups is 1. The van der Waals surface area contributed by atoms with Crippen LogP contribution < -0.4 is 21.1 Å². The standard InChI is InChI=1S/C27H30F3N5O3S2/c1-38-25-16-20(40(2,36)37)8-9-23(25)32-12-4-5-19-15-21-22(33-18-10-13-34(14-11-18)26(31)39)6-3-7-24(21)35(19)17-27(28,29)30/h3,6-9,15-16,18,32-33H,10-14,17H2,1-2H3,(H2,31,39). The largest absolute Gasteiger partial charge is 0.495 e. The molecule has 1 aromatic heterocycles. The van der Waals surface area contributed by atoms with Gasteiger partial charge < -0.3 is 30.6 Å². The van der Waals surface area contributed by atoms with Crippen LogP contribution in [0.3, 0.4) is 0 Å². The van der Waals surface area contributed by atoms with Crippen LogP contribution in [-0.4, -0.2) is 68.2 Å². The number of anilines is 2. The highest BCUT2D eigenvalue weighted by Gasteiger charge is 2.30. The van der Waals surface area contributed by atoms with Gasteiger partial charge in [-0.2, -0.15) is 13.2 Å². The Morgan fingerprint density at radius 1 is 1.18 bits per heavy atom. The Bertz CT molecular complexity index is 1570. The molecular formula is C27H30F3N5O3S2. The first-order chi connectivity index (χ1) is 18.9. The molecule has 1 saturated heterocycles. The molecule has 13 heteroatoms. The summed E-state index contributed by atoms with van der Waals surface area (Å²) in [6.07, 6.45) is -1.75. The van der Waals surface area contributed by atoms with Crippen molar-refractivity contribution in [3.8, 4) is 17.6 Å². The van der Waals surface area contributed by atoms with E-state index in [2.05, 4.69) is 22.5 Å². The van der Waals surface area contributed by atoms with Gasteiger partial charge in [0.1, 0.15) is 12.3 Å². The number of nitrogens with zero attached hydrogens (tertiary/aromatic N) is 2. The van der Waals surface area contributed by atoms with Crippen molar-refractivity contribution >= 4 is 49.4 Å². The lowest BCUT2D eigenvalue weighted by atomic mass is 10.0. The predicted octanol–water partition coefficient (Wildman–Crippen LogP) is 4.20. The number of methoxy groups -OCH3 is 1. The van der Waals surface area contributed by atoms with Crippen LogP contribution in [0.25, 0.3) is 10.9 Å². The summed E-state index contributed by atoms with van der Waals surface area (Å²) in [4.78, 5) is 2.04. The smallest absolute Gasteiger partial charge is 0.406 e. The highest BCUT2D eigenvalue weighted by Crippen LogP contribution is 2.31. The maximum Gasteiger partial charge on any atom is 0.406 e. The second-order valence-electron chi connectivity index (χ2n) is 9.50. The first kappa shape index (κ1) is 29.4. The predicted molar refractivity (Wildman–Crippen MR) is 154 cm³/mol. The van der Waals surface area contributed by atoms with Crippen LogP contribution in [-0.2, 0) is 16.4 Å². The van der Waals surface area contributed by atoms with Gasteiger partial charge in [-0.05, 0) is 61.3 Å². The van der Waals surface area contributed by atoms with Gasteiger partial charge in [0.2, 0.25) is 0 Å². The lowest BCUT2D eigenvalue weighted by Gasteiger charge is -2.33. The zero-order valence-corrected chi connectivity index (χ0v) is 23.6. The van der Waals surface area contributed by atoms with Gasteiger partial charge >= 0.3 is 6.18 Å². The fraction of sp³-hybridized carbons (Fsp3) is 0.370. The van der Waals surface area contributed by atoms with E-state index in [-0.39, 0.29) is 23.2 Å². The number of aromatic nitrogens is 1. The summed E-state index contributed by atoms with van der Waals surface area (Å²) in [6.45, 7) is 0.340. The zero-order chi connectivity index (χ0) is 29.1. The molecule has 0 spiro atoms. The fourth-order valence-corrected chi connectivity index (χ4v) is 5.47. The van der Waals surface area contributed by atoms with Gasteiger partial charge in [-0.15, -0.1) is 0 Å². The van der Waals surface area contributed by atoms with Crippen LogP contribution in [0, 0.1) is 11.8 Å². The maximum absolute atomic E-state index is 13.5. The monoisotopic (exact) mass is 593 g/mol. The summed E-state index contributed by atoms with van der Waals surface area (Å²) in [6, 6.07) is 11.4. The molecule has 0 amide bonds. The molecular weight excluding hydrogens is 563 g/mol. The van der Waals surface area contributed by atoms with E-state index in [1.54, 1.807) is 24.3 Å². The molecule has 0 saturated carbocycles. The molecule has 3 aromatic rings. The number of halogens is 3. The molecule has 0 atom stereocenters. The van der Waals surface area contributed by atoms with Gasteiger partial charge in [-0.25, -0.2) is 8.42 Å². The molecule has 0 radical (unpaired) electrons. The van der Waals surface area contributed by atoms with Crippen molar-refractivity contribution in [2.24, 2.45) is 5.73 Å². The highest BCUT2D eigenvalue weighted by atomic mass is 32.2. The third kappa shape index (κ3) is 7.11. The van der Waals surface area contributed by atoms with Crippen LogP contribution >= 0.6 is 12.2 Å². The normalized spacial score (nSPS) is 14.5. The van der Waals surface area contributed by atoms with E-state index >= 15 is 0 Å². The first-order valence-corrected chi connectivity index (χ1v) is 14.8. The van der Waals surface area contributed by atoms with E-state index in [1.807, 2.05) is 11.0 Å². The van der Waals surface area contributed by atoms with E-state index in [0.717, 1.165) is 24.8 Å². The Balaban J connectivity index is 1.57. The topological polar surface area (TPSA) is 102 Å². The van der Waals surface area contributed by atoms with Crippen molar-refractivity contribution in [2.75, 3.05) is 43.6 Å². The second-order valence-corrected chi connectivity index (χ2v) is 11.9. The van der Waals surface area contributed by atoms with Gasteiger partial charge in [-0.3, -0.25) is 0 Å². The quantitative estimate of drug-likeness (QED) is 0.277. The number of ether oxygens (including phenoxy) is 1. The van der Waals surface area contributed by atoms with Crippen molar-refractivity contribution in [1.29, 1.82) is 0 Å². The summed E-state index contributed by atoms with van der Waals surface area (Å²) in [5.74, 6) is 6.06. The van der Waals surface area contributed by atoms with Gasteiger partial charge in [0, 0.05) is 42.5 Å². The highest BCUT2D eigenvalue weighted by molar-refractivity contribution is 7.90. The molecule has 214 valence electrons. The molecule has 1 aliphatic heterocycles. The zero-order valence-electron chi connectivity index (χ0n) is 22.0. The molecule has 2 heterocycles. The molecule has 4 rings (SSSR count). The number of rotatable bonds is 7. The van der Waals surface area contributed by atoms with Crippen LogP contribution in [0.4, 0.5) is 24.5 Å². The number of nitrogens with two attached hydrogens (primary N) is 1. The van der Waals surface area contributed by atoms with Crippen LogP contribution in [0.1, 0.15) is 18.5 Å². The van der Waals surface area contributed by atoms with Crippen LogP contribution in [0.2, 0.25) is 0 Å². The number of benzene rings is 2. The SMILES string of the molecule is COc1cc(S(C)(=O)=O)ccc1NCC#Cc1cc2c(NC3CCN(C(N)=S)CC3)cccc2n1CC(F)(F)F. The molecule has 2 aromatic carbocycles. The molecule has 8 nitrogen and oxygen atoms in total. The van der Waals surface area contributed by atoms with Crippen molar-refractivity contribution in [2.45, 2.75) is 36.5 Å². The summed E-state index contributed by atoms with van der Waals surface area (Å²) < 4.78 is 70.7. The van der Waals surface area contributed by atoms with E-state index in [4.69, 9.17) is 22.7 Å². The number of likely N-dealkylation sites (tertiary alicyclic amines) is 1. The minimum Gasteiger partial charge on any atom is -0.495 e. The molecule has 1 aliphatic rings. The van der Waals surface area contributed by atoms with Gasteiger partial charge in [0.15, 0.2) is 14.9 Å².